The minimum Gasteiger partial charge on any atom is -0.368 e. The summed E-state index contributed by atoms with van der Waals surface area (Å²) in [6, 6.07) is 9.48. The van der Waals surface area contributed by atoms with E-state index < -0.39 is 12.6 Å². The standard InChI is InChI=1S/C19H21F3N8O/c1-29(13-5-3-2-4-6-13)18-26-14(25-17(23)27-18)15-24-16(31-28-15)12-7-9-30(11-12)10-8-19(20,21)22/h2-6,12H,7-11H2,1H3,(H2,23,25,26,27). The van der Waals surface area contributed by atoms with E-state index in [1.54, 1.807) is 16.8 Å². The fourth-order valence-corrected chi connectivity index (χ4v) is 3.41. The van der Waals surface area contributed by atoms with Crippen LogP contribution in [-0.2, 0) is 0 Å². The number of nitrogens with zero attached hydrogens (tertiary/aromatic N) is 7. The number of alkyl halides is 3. The average Bonchev–Trinajstić information content (AvgIpc) is 3.41. The molecule has 31 heavy (non-hydrogen) atoms. The fraction of sp³-hybridized carbons (Fsp3) is 0.421. The van der Waals surface area contributed by atoms with Crippen LogP contribution in [0.15, 0.2) is 34.9 Å². The van der Waals surface area contributed by atoms with E-state index >= 15 is 0 Å². The zero-order valence-corrected chi connectivity index (χ0v) is 16.7. The van der Waals surface area contributed by atoms with Gasteiger partial charge in [0.15, 0.2) is 0 Å². The van der Waals surface area contributed by atoms with Crippen LogP contribution >= 0.6 is 0 Å². The fourth-order valence-electron chi connectivity index (χ4n) is 3.41. The van der Waals surface area contributed by atoms with Gasteiger partial charge in [0.2, 0.25) is 29.4 Å². The molecule has 1 saturated heterocycles. The maximum atomic E-state index is 12.5. The highest BCUT2D eigenvalue weighted by Gasteiger charge is 2.33. The van der Waals surface area contributed by atoms with E-state index in [2.05, 4.69) is 25.1 Å². The van der Waals surface area contributed by atoms with Gasteiger partial charge in [-0.25, -0.2) is 0 Å². The summed E-state index contributed by atoms with van der Waals surface area (Å²) >= 11 is 0. The molecule has 1 fully saturated rings. The normalized spacial score (nSPS) is 17.2. The molecule has 3 aromatic rings. The number of hydrogen-bond donors (Lipinski definition) is 1. The van der Waals surface area contributed by atoms with Gasteiger partial charge in [-0.1, -0.05) is 23.4 Å². The van der Waals surface area contributed by atoms with Crippen LogP contribution in [0, 0.1) is 0 Å². The Hall–Kier alpha value is -3.28. The van der Waals surface area contributed by atoms with Crippen molar-refractivity contribution in [2.45, 2.75) is 24.9 Å². The molecule has 9 nitrogen and oxygen atoms in total. The molecule has 0 amide bonds. The smallest absolute Gasteiger partial charge is 0.368 e. The first-order chi connectivity index (χ1) is 14.8. The lowest BCUT2D eigenvalue weighted by Crippen LogP contribution is -2.26. The Labute approximate surface area is 176 Å². The zero-order valence-electron chi connectivity index (χ0n) is 16.7. The monoisotopic (exact) mass is 434 g/mol. The van der Waals surface area contributed by atoms with E-state index in [-0.39, 0.29) is 30.1 Å². The molecule has 2 N–H and O–H groups in total. The molecule has 1 aliphatic heterocycles. The molecule has 12 heteroatoms. The van der Waals surface area contributed by atoms with Crippen LogP contribution < -0.4 is 10.6 Å². The van der Waals surface area contributed by atoms with Crippen LogP contribution in [0.4, 0.5) is 30.8 Å². The summed E-state index contributed by atoms with van der Waals surface area (Å²) < 4.78 is 42.7. The van der Waals surface area contributed by atoms with Gasteiger partial charge >= 0.3 is 6.18 Å². The number of nitrogen functional groups attached to an aromatic ring is 1. The third-order valence-corrected chi connectivity index (χ3v) is 5.06. The van der Waals surface area contributed by atoms with Crippen molar-refractivity contribution in [2.75, 3.05) is 37.3 Å². The quantitative estimate of drug-likeness (QED) is 0.626. The predicted molar refractivity (Wildman–Crippen MR) is 107 cm³/mol. The molecule has 2 aromatic heterocycles. The van der Waals surface area contributed by atoms with Crippen molar-refractivity contribution in [3.8, 4) is 11.6 Å². The maximum Gasteiger partial charge on any atom is 0.390 e. The van der Waals surface area contributed by atoms with Crippen molar-refractivity contribution < 1.29 is 17.7 Å². The highest BCUT2D eigenvalue weighted by Crippen LogP contribution is 2.29. The second-order valence-electron chi connectivity index (χ2n) is 7.32. The van der Waals surface area contributed by atoms with E-state index in [1.807, 2.05) is 30.3 Å². The Kier molecular flexibility index (Phi) is 5.72. The zero-order chi connectivity index (χ0) is 22.0. The van der Waals surface area contributed by atoms with Crippen LogP contribution in [0.1, 0.15) is 24.7 Å². The first-order valence-corrected chi connectivity index (χ1v) is 9.72. The number of halogens is 3. The van der Waals surface area contributed by atoms with Gasteiger partial charge < -0.3 is 20.1 Å². The summed E-state index contributed by atoms with van der Waals surface area (Å²) in [4.78, 5) is 20.5. The van der Waals surface area contributed by atoms with Gasteiger partial charge in [-0.15, -0.1) is 0 Å². The molecule has 164 valence electrons. The number of benzene rings is 1. The molecule has 0 saturated carbocycles. The summed E-state index contributed by atoms with van der Waals surface area (Å²) in [6.07, 6.45) is -4.36. The second-order valence-corrected chi connectivity index (χ2v) is 7.32. The van der Waals surface area contributed by atoms with Crippen molar-refractivity contribution >= 4 is 17.6 Å². The lowest BCUT2D eigenvalue weighted by molar-refractivity contribution is -0.137. The van der Waals surface area contributed by atoms with Crippen molar-refractivity contribution in [1.29, 1.82) is 0 Å². The number of rotatable bonds is 6. The molecule has 0 bridgehead atoms. The third kappa shape index (κ3) is 5.08. The first kappa shape index (κ1) is 21.0. The molecular formula is C19H21F3N8O. The minimum absolute atomic E-state index is 0.00771. The summed E-state index contributed by atoms with van der Waals surface area (Å²) in [6.45, 7) is 0.933. The molecule has 1 atom stereocenters. The van der Waals surface area contributed by atoms with Gasteiger partial charge in [0.25, 0.3) is 0 Å². The van der Waals surface area contributed by atoms with E-state index in [9.17, 15) is 13.2 Å². The molecule has 1 unspecified atom stereocenters. The Balaban J connectivity index is 1.49. The molecule has 3 heterocycles. The third-order valence-electron chi connectivity index (χ3n) is 5.06. The highest BCUT2D eigenvalue weighted by atomic mass is 19.4. The van der Waals surface area contributed by atoms with Crippen molar-refractivity contribution in [3.05, 3.63) is 36.2 Å². The largest absolute Gasteiger partial charge is 0.390 e. The summed E-state index contributed by atoms with van der Waals surface area (Å²) in [5.74, 6) is 0.849. The number of hydrogen-bond acceptors (Lipinski definition) is 9. The molecule has 1 aromatic carbocycles. The highest BCUT2D eigenvalue weighted by molar-refractivity contribution is 5.58. The van der Waals surface area contributed by atoms with Gasteiger partial charge in [0, 0.05) is 25.8 Å². The SMILES string of the molecule is CN(c1ccccc1)c1nc(N)nc(-c2noc(C3CCN(CCC(F)(F)F)C3)n2)n1. The number of para-hydroxylation sites is 1. The average molecular weight is 434 g/mol. The topological polar surface area (TPSA) is 110 Å². The van der Waals surface area contributed by atoms with Crippen LogP contribution in [0.5, 0.6) is 0 Å². The second kappa shape index (κ2) is 8.46. The summed E-state index contributed by atoms with van der Waals surface area (Å²) in [5, 5.41) is 3.94. The summed E-state index contributed by atoms with van der Waals surface area (Å²) in [7, 11) is 1.80. The Morgan fingerprint density at radius 2 is 1.90 bits per heavy atom. The minimum atomic E-state index is -4.17. The van der Waals surface area contributed by atoms with Gasteiger partial charge in [-0.3, -0.25) is 0 Å². The molecule has 1 aliphatic rings. The van der Waals surface area contributed by atoms with E-state index in [0.29, 0.717) is 31.3 Å². The summed E-state index contributed by atoms with van der Waals surface area (Å²) in [5.41, 5.74) is 6.71. The molecule has 0 radical (unpaired) electrons. The van der Waals surface area contributed by atoms with Gasteiger partial charge in [-0.2, -0.15) is 33.1 Å². The number of likely N-dealkylation sites (tertiary alicyclic amines) is 1. The first-order valence-electron chi connectivity index (χ1n) is 9.72. The molecule has 0 spiro atoms. The Morgan fingerprint density at radius 3 is 2.65 bits per heavy atom. The number of anilines is 3. The van der Waals surface area contributed by atoms with Crippen molar-refractivity contribution in [1.82, 2.24) is 30.0 Å². The van der Waals surface area contributed by atoms with Crippen LogP contribution in [0.25, 0.3) is 11.6 Å². The Bertz CT molecular complexity index is 1030. The Morgan fingerprint density at radius 1 is 1.13 bits per heavy atom. The van der Waals surface area contributed by atoms with Crippen LogP contribution in [0.2, 0.25) is 0 Å². The van der Waals surface area contributed by atoms with Gasteiger partial charge in [0.05, 0.1) is 12.3 Å². The lowest BCUT2D eigenvalue weighted by atomic mass is 10.1. The number of aromatic nitrogens is 5. The number of nitrogens with two attached hydrogens (primary N) is 1. The van der Waals surface area contributed by atoms with Crippen LogP contribution in [-0.4, -0.2) is 62.9 Å². The van der Waals surface area contributed by atoms with Crippen molar-refractivity contribution in [2.24, 2.45) is 0 Å². The van der Waals surface area contributed by atoms with E-state index in [1.165, 1.54) is 0 Å². The molecule has 4 rings (SSSR count). The van der Waals surface area contributed by atoms with Crippen LogP contribution in [0.3, 0.4) is 0 Å². The molecule has 0 aliphatic carbocycles. The van der Waals surface area contributed by atoms with Crippen molar-refractivity contribution in [3.63, 3.8) is 0 Å². The lowest BCUT2D eigenvalue weighted by Gasteiger charge is -2.17. The molecular weight excluding hydrogens is 413 g/mol. The predicted octanol–water partition coefficient (Wildman–Crippen LogP) is 3.01. The van der Waals surface area contributed by atoms with E-state index in [0.717, 1.165) is 5.69 Å². The van der Waals surface area contributed by atoms with E-state index in [4.69, 9.17) is 10.3 Å². The van der Waals surface area contributed by atoms with Gasteiger partial charge in [0.1, 0.15) is 0 Å². The maximum absolute atomic E-state index is 12.5. The van der Waals surface area contributed by atoms with Gasteiger partial charge in [-0.05, 0) is 25.1 Å².